The predicted molar refractivity (Wildman–Crippen MR) is 76.7 cm³/mol. The van der Waals surface area contributed by atoms with Crippen LogP contribution in [0.25, 0.3) is 0 Å². The Bertz CT molecular complexity index is 604. The zero-order valence-electron chi connectivity index (χ0n) is 9.06. The first-order chi connectivity index (χ1) is 8.56. The smallest absolute Gasteiger partial charge is 0.219 e. The Morgan fingerprint density at radius 2 is 2.00 bits per heavy atom. The summed E-state index contributed by atoms with van der Waals surface area (Å²) >= 11 is 16.7. The second kappa shape index (κ2) is 5.52. The molecular formula is C12H8Cl2N2OS. The lowest BCUT2D eigenvalue weighted by Crippen LogP contribution is -2.09. The molecule has 0 fully saturated rings. The molecule has 2 aromatic rings. The Morgan fingerprint density at radius 1 is 1.22 bits per heavy atom. The normalized spacial score (nSPS) is 10.1. The van der Waals surface area contributed by atoms with Crippen LogP contribution in [0.5, 0.6) is 11.6 Å². The fraction of sp³-hybridized carbons (Fsp3) is 0. The van der Waals surface area contributed by atoms with Crippen LogP contribution in [0.2, 0.25) is 10.0 Å². The lowest BCUT2D eigenvalue weighted by Gasteiger charge is -2.07. The summed E-state index contributed by atoms with van der Waals surface area (Å²) < 4.78 is 5.54. The number of aromatic nitrogens is 1. The Morgan fingerprint density at radius 3 is 2.72 bits per heavy atom. The van der Waals surface area contributed by atoms with E-state index in [-0.39, 0.29) is 4.99 Å². The molecule has 2 rings (SSSR count). The minimum Gasteiger partial charge on any atom is -0.437 e. The number of benzene rings is 1. The lowest BCUT2D eigenvalue weighted by atomic mass is 10.3. The third-order valence-corrected chi connectivity index (χ3v) is 2.91. The van der Waals surface area contributed by atoms with Gasteiger partial charge in [0, 0.05) is 28.9 Å². The number of halogens is 2. The van der Waals surface area contributed by atoms with E-state index in [0.29, 0.717) is 27.2 Å². The Hall–Kier alpha value is -1.36. The SMILES string of the molecule is NC(=S)c1ccnc(Oc2cc(Cl)ccc2Cl)c1. The van der Waals surface area contributed by atoms with E-state index in [0.717, 1.165) is 0 Å². The molecular weight excluding hydrogens is 291 g/mol. The average molecular weight is 299 g/mol. The maximum absolute atomic E-state index is 5.99. The molecule has 6 heteroatoms. The van der Waals surface area contributed by atoms with Gasteiger partial charge in [0.25, 0.3) is 0 Å². The number of nitrogens with zero attached hydrogens (tertiary/aromatic N) is 1. The molecule has 0 radical (unpaired) electrons. The van der Waals surface area contributed by atoms with Gasteiger partial charge in [-0.1, -0.05) is 35.4 Å². The van der Waals surface area contributed by atoms with E-state index in [4.69, 9.17) is 45.9 Å². The van der Waals surface area contributed by atoms with Crippen LogP contribution in [0.3, 0.4) is 0 Å². The number of thiocarbonyl (C=S) groups is 1. The molecule has 0 saturated carbocycles. The van der Waals surface area contributed by atoms with Gasteiger partial charge < -0.3 is 10.5 Å². The monoisotopic (exact) mass is 298 g/mol. The van der Waals surface area contributed by atoms with E-state index in [9.17, 15) is 0 Å². The van der Waals surface area contributed by atoms with Crippen LogP contribution in [-0.4, -0.2) is 9.97 Å². The Balaban J connectivity index is 2.31. The standard InChI is InChI=1S/C12H8Cl2N2OS/c13-8-1-2-9(14)10(6-8)17-11-5-7(12(15)18)3-4-16-11/h1-6H,(H2,15,18). The predicted octanol–water partition coefficient (Wildman–Crippen LogP) is 3.81. The van der Waals surface area contributed by atoms with Gasteiger partial charge in [-0.3, -0.25) is 0 Å². The van der Waals surface area contributed by atoms with Gasteiger partial charge in [-0.2, -0.15) is 0 Å². The van der Waals surface area contributed by atoms with Gasteiger partial charge in [-0.25, -0.2) is 4.98 Å². The molecule has 18 heavy (non-hydrogen) atoms. The van der Waals surface area contributed by atoms with Crippen molar-refractivity contribution in [3.05, 3.63) is 52.1 Å². The first-order valence-electron chi connectivity index (χ1n) is 4.95. The van der Waals surface area contributed by atoms with Crippen LogP contribution in [0, 0.1) is 0 Å². The summed E-state index contributed by atoms with van der Waals surface area (Å²) in [5, 5.41) is 0.974. The third kappa shape index (κ3) is 3.10. The van der Waals surface area contributed by atoms with Crippen LogP contribution in [0.15, 0.2) is 36.5 Å². The van der Waals surface area contributed by atoms with E-state index in [1.54, 1.807) is 36.5 Å². The van der Waals surface area contributed by atoms with E-state index >= 15 is 0 Å². The van der Waals surface area contributed by atoms with Crippen molar-refractivity contribution < 1.29 is 4.74 Å². The summed E-state index contributed by atoms with van der Waals surface area (Å²) in [7, 11) is 0. The average Bonchev–Trinajstić information content (AvgIpc) is 2.34. The lowest BCUT2D eigenvalue weighted by molar-refractivity contribution is 0.463. The number of ether oxygens (including phenoxy) is 1. The van der Waals surface area contributed by atoms with E-state index in [1.807, 2.05) is 0 Å². The van der Waals surface area contributed by atoms with Crippen molar-refractivity contribution in [3.63, 3.8) is 0 Å². The van der Waals surface area contributed by atoms with Crippen molar-refractivity contribution >= 4 is 40.4 Å². The number of pyridine rings is 1. The summed E-state index contributed by atoms with van der Waals surface area (Å²) in [5.74, 6) is 0.779. The molecule has 0 amide bonds. The number of hydrogen-bond donors (Lipinski definition) is 1. The van der Waals surface area contributed by atoms with Gasteiger partial charge >= 0.3 is 0 Å². The molecule has 0 saturated heterocycles. The van der Waals surface area contributed by atoms with E-state index in [1.165, 1.54) is 0 Å². The van der Waals surface area contributed by atoms with Gasteiger partial charge in [0.15, 0.2) is 0 Å². The van der Waals surface area contributed by atoms with Crippen molar-refractivity contribution in [3.8, 4) is 11.6 Å². The molecule has 0 aliphatic rings. The molecule has 0 spiro atoms. The highest BCUT2D eigenvalue weighted by Gasteiger charge is 2.06. The molecule has 3 nitrogen and oxygen atoms in total. The Kier molecular flexibility index (Phi) is 4.01. The van der Waals surface area contributed by atoms with Crippen LogP contribution in [0.1, 0.15) is 5.56 Å². The zero-order valence-corrected chi connectivity index (χ0v) is 11.4. The van der Waals surface area contributed by atoms with Crippen molar-refractivity contribution in [2.24, 2.45) is 5.73 Å². The number of rotatable bonds is 3. The molecule has 0 aliphatic carbocycles. The van der Waals surface area contributed by atoms with Crippen molar-refractivity contribution in [1.82, 2.24) is 4.98 Å². The van der Waals surface area contributed by atoms with Crippen molar-refractivity contribution in [2.75, 3.05) is 0 Å². The second-order valence-electron chi connectivity index (χ2n) is 3.42. The summed E-state index contributed by atoms with van der Waals surface area (Å²) in [4.78, 5) is 4.33. The highest BCUT2D eigenvalue weighted by molar-refractivity contribution is 7.80. The van der Waals surface area contributed by atoms with Crippen molar-refractivity contribution in [2.45, 2.75) is 0 Å². The Labute approximate surface area is 119 Å². The largest absolute Gasteiger partial charge is 0.437 e. The van der Waals surface area contributed by atoms with Crippen molar-refractivity contribution in [1.29, 1.82) is 0 Å². The van der Waals surface area contributed by atoms with E-state index in [2.05, 4.69) is 4.98 Å². The van der Waals surface area contributed by atoms with Gasteiger partial charge in [-0.05, 0) is 18.2 Å². The number of nitrogens with two attached hydrogens (primary N) is 1. The van der Waals surface area contributed by atoms with Crippen LogP contribution in [-0.2, 0) is 0 Å². The van der Waals surface area contributed by atoms with Crippen LogP contribution < -0.4 is 10.5 Å². The first-order valence-corrected chi connectivity index (χ1v) is 6.11. The minimum absolute atomic E-state index is 0.277. The van der Waals surface area contributed by atoms with Gasteiger partial charge in [0.2, 0.25) is 5.88 Å². The molecule has 1 aromatic heterocycles. The molecule has 0 atom stereocenters. The molecule has 92 valence electrons. The fourth-order valence-corrected chi connectivity index (χ4v) is 1.73. The highest BCUT2D eigenvalue weighted by atomic mass is 35.5. The summed E-state index contributed by atoms with van der Waals surface area (Å²) in [6.45, 7) is 0. The highest BCUT2D eigenvalue weighted by Crippen LogP contribution is 2.31. The molecule has 0 unspecified atom stereocenters. The van der Waals surface area contributed by atoms with Gasteiger partial charge in [0.05, 0.1) is 5.02 Å². The topological polar surface area (TPSA) is 48.1 Å². The maximum atomic E-state index is 5.99. The zero-order chi connectivity index (χ0) is 13.1. The molecule has 1 heterocycles. The van der Waals surface area contributed by atoms with Gasteiger partial charge in [0.1, 0.15) is 10.7 Å². The van der Waals surface area contributed by atoms with Crippen LogP contribution >= 0.6 is 35.4 Å². The summed E-state index contributed by atoms with van der Waals surface area (Å²) in [6.07, 6.45) is 1.56. The molecule has 0 bridgehead atoms. The summed E-state index contributed by atoms with van der Waals surface area (Å²) in [6, 6.07) is 8.28. The summed E-state index contributed by atoms with van der Waals surface area (Å²) in [5.41, 5.74) is 6.21. The van der Waals surface area contributed by atoms with E-state index < -0.39 is 0 Å². The second-order valence-corrected chi connectivity index (χ2v) is 4.71. The molecule has 2 N–H and O–H groups in total. The fourth-order valence-electron chi connectivity index (χ4n) is 1.29. The first kappa shape index (κ1) is 13.1. The van der Waals surface area contributed by atoms with Crippen LogP contribution in [0.4, 0.5) is 0 Å². The maximum Gasteiger partial charge on any atom is 0.219 e. The minimum atomic E-state index is 0.277. The number of hydrogen-bond acceptors (Lipinski definition) is 3. The third-order valence-electron chi connectivity index (χ3n) is 2.13. The molecule has 0 aliphatic heterocycles. The molecule has 1 aromatic carbocycles. The quantitative estimate of drug-likeness (QED) is 0.875. The van der Waals surface area contributed by atoms with Gasteiger partial charge in [-0.15, -0.1) is 0 Å².